The topological polar surface area (TPSA) is 95.7 Å². The van der Waals surface area contributed by atoms with E-state index < -0.39 is 10.0 Å². The number of nitrogens with two attached hydrogens (primary N) is 1. The molecule has 1 aliphatic rings. The van der Waals surface area contributed by atoms with Gasteiger partial charge < -0.3 is 10.5 Å². The number of anilines is 1. The van der Waals surface area contributed by atoms with Gasteiger partial charge in [0.15, 0.2) is 0 Å². The monoisotopic (exact) mass is 299 g/mol. The van der Waals surface area contributed by atoms with Crippen molar-refractivity contribution in [2.75, 3.05) is 18.6 Å². The lowest BCUT2D eigenvalue weighted by molar-refractivity contribution is 0.264. The number of aliphatic hydroxyl groups excluding tert-OH is 1. The average Bonchev–Trinajstić information content (AvgIpc) is 2.94. The Bertz CT molecular complexity index is 548. The molecule has 0 spiro atoms. The Morgan fingerprint density at radius 3 is 2.85 bits per heavy atom. The summed E-state index contributed by atoms with van der Waals surface area (Å²) in [6, 6.07) is 6.60. The summed E-state index contributed by atoms with van der Waals surface area (Å²) in [4.78, 5) is 0.207. The zero-order valence-electron chi connectivity index (χ0n) is 11.3. The maximum atomic E-state index is 12.8. The average molecular weight is 299 g/mol. The van der Waals surface area contributed by atoms with Crippen LogP contribution in [0.2, 0.25) is 0 Å². The molecule has 1 saturated heterocycles. The van der Waals surface area contributed by atoms with E-state index in [1.165, 1.54) is 0 Å². The first kappa shape index (κ1) is 15.2. The highest BCUT2D eigenvalue weighted by Crippen LogP contribution is 2.31. The first-order chi connectivity index (χ1) is 9.61. The van der Waals surface area contributed by atoms with E-state index in [0.29, 0.717) is 25.1 Å². The molecule has 0 bridgehead atoms. The van der Waals surface area contributed by atoms with E-state index in [9.17, 15) is 8.42 Å². The van der Waals surface area contributed by atoms with E-state index in [0.717, 1.165) is 12.8 Å². The SMILES string of the molecule is NNc1ccccc1S(=O)(=O)N1CCCC1CCCO. The van der Waals surface area contributed by atoms with Crippen molar-refractivity contribution < 1.29 is 13.5 Å². The largest absolute Gasteiger partial charge is 0.396 e. The summed E-state index contributed by atoms with van der Waals surface area (Å²) in [5.74, 6) is 5.39. The molecule has 20 heavy (non-hydrogen) atoms. The first-order valence-corrected chi connectivity index (χ1v) is 8.23. The Hall–Kier alpha value is -1.15. The molecule has 2 rings (SSSR count). The first-order valence-electron chi connectivity index (χ1n) is 6.79. The molecule has 7 heteroatoms. The van der Waals surface area contributed by atoms with Crippen molar-refractivity contribution in [3.05, 3.63) is 24.3 Å². The fourth-order valence-corrected chi connectivity index (χ4v) is 4.56. The minimum Gasteiger partial charge on any atom is -0.396 e. The van der Waals surface area contributed by atoms with Gasteiger partial charge in [0.2, 0.25) is 10.0 Å². The molecule has 0 radical (unpaired) electrons. The molecular formula is C13H21N3O3S. The molecular weight excluding hydrogens is 278 g/mol. The van der Waals surface area contributed by atoms with E-state index >= 15 is 0 Å². The van der Waals surface area contributed by atoms with Crippen LogP contribution in [-0.2, 0) is 10.0 Å². The van der Waals surface area contributed by atoms with Gasteiger partial charge in [0.25, 0.3) is 0 Å². The van der Waals surface area contributed by atoms with E-state index in [-0.39, 0.29) is 17.5 Å². The number of sulfonamides is 1. The van der Waals surface area contributed by atoms with Gasteiger partial charge in [-0.15, -0.1) is 0 Å². The number of nitrogens with one attached hydrogen (secondary N) is 1. The van der Waals surface area contributed by atoms with Crippen LogP contribution in [0.3, 0.4) is 0 Å². The predicted octanol–water partition coefficient (Wildman–Crippen LogP) is 0.898. The standard InChI is InChI=1S/C13H21N3O3S/c14-15-12-7-1-2-8-13(12)20(18,19)16-9-3-5-11(16)6-4-10-17/h1-2,7-8,11,15,17H,3-6,9-10,14H2. The van der Waals surface area contributed by atoms with Gasteiger partial charge in [0.05, 0.1) is 5.69 Å². The van der Waals surface area contributed by atoms with Crippen molar-refractivity contribution >= 4 is 15.7 Å². The van der Waals surface area contributed by atoms with Gasteiger partial charge in [-0.3, -0.25) is 5.84 Å². The second-order valence-corrected chi connectivity index (χ2v) is 6.78. The quantitative estimate of drug-likeness (QED) is 0.536. The van der Waals surface area contributed by atoms with Crippen molar-refractivity contribution in [1.82, 2.24) is 4.31 Å². The lowest BCUT2D eigenvalue weighted by atomic mass is 10.1. The summed E-state index contributed by atoms with van der Waals surface area (Å²) in [6.07, 6.45) is 3.01. The van der Waals surface area contributed by atoms with Crippen LogP contribution in [0.4, 0.5) is 5.69 Å². The van der Waals surface area contributed by atoms with Crippen molar-refractivity contribution in [3.8, 4) is 0 Å². The van der Waals surface area contributed by atoms with Crippen LogP contribution in [0.15, 0.2) is 29.2 Å². The lowest BCUT2D eigenvalue weighted by Crippen LogP contribution is -2.36. The summed E-state index contributed by atoms with van der Waals surface area (Å²) in [6.45, 7) is 0.614. The highest BCUT2D eigenvalue weighted by Gasteiger charge is 2.35. The van der Waals surface area contributed by atoms with Crippen LogP contribution in [-0.4, -0.2) is 37.0 Å². The third-order valence-corrected chi connectivity index (χ3v) is 5.66. The summed E-state index contributed by atoms with van der Waals surface area (Å²) < 4.78 is 27.1. The number of aliphatic hydroxyl groups is 1. The summed E-state index contributed by atoms with van der Waals surface area (Å²) in [7, 11) is -3.55. The Morgan fingerprint density at radius 2 is 2.15 bits per heavy atom. The van der Waals surface area contributed by atoms with Gasteiger partial charge in [-0.25, -0.2) is 8.42 Å². The molecule has 1 aliphatic heterocycles. The van der Waals surface area contributed by atoms with Crippen LogP contribution in [0.5, 0.6) is 0 Å². The van der Waals surface area contributed by atoms with E-state index in [1.807, 2.05) is 0 Å². The number of para-hydroxylation sites is 1. The van der Waals surface area contributed by atoms with Gasteiger partial charge in [0, 0.05) is 19.2 Å². The van der Waals surface area contributed by atoms with E-state index in [2.05, 4.69) is 5.43 Å². The van der Waals surface area contributed by atoms with Gasteiger partial charge in [-0.1, -0.05) is 12.1 Å². The Balaban J connectivity index is 2.29. The maximum Gasteiger partial charge on any atom is 0.245 e. The zero-order chi connectivity index (χ0) is 14.6. The molecule has 0 saturated carbocycles. The predicted molar refractivity (Wildman–Crippen MR) is 77.5 cm³/mol. The Labute approximate surface area is 119 Å². The zero-order valence-corrected chi connectivity index (χ0v) is 12.1. The molecule has 0 aromatic heterocycles. The van der Waals surface area contributed by atoms with Gasteiger partial charge in [-0.2, -0.15) is 4.31 Å². The third kappa shape index (κ3) is 2.95. The summed E-state index contributed by atoms with van der Waals surface area (Å²) in [5.41, 5.74) is 2.84. The van der Waals surface area contributed by atoms with Gasteiger partial charge >= 0.3 is 0 Å². The molecule has 0 amide bonds. The van der Waals surface area contributed by atoms with E-state index in [1.54, 1.807) is 28.6 Å². The van der Waals surface area contributed by atoms with Crippen LogP contribution < -0.4 is 11.3 Å². The maximum absolute atomic E-state index is 12.8. The van der Waals surface area contributed by atoms with Crippen LogP contribution in [0, 0.1) is 0 Å². The van der Waals surface area contributed by atoms with Gasteiger partial charge in [-0.05, 0) is 37.8 Å². The number of rotatable bonds is 6. The number of hydrogen-bond donors (Lipinski definition) is 3. The van der Waals surface area contributed by atoms with Crippen molar-refractivity contribution in [3.63, 3.8) is 0 Å². The Kier molecular flexibility index (Phi) is 4.98. The number of nitrogens with zero attached hydrogens (tertiary/aromatic N) is 1. The molecule has 1 unspecified atom stereocenters. The highest BCUT2D eigenvalue weighted by atomic mass is 32.2. The highest BCUT2D eigenvalue weighted by molar-refractivity contribution is 7.89. The fourth-order valence-electron chi connectivity index (χ4n) is 2.68. The molecule has 1 atom stereocenters. The second-order valence-electron chi connectivity index (χ2n) is 4.92. The molecule has 1 heterocycles. The van der Waals surface area contributed by atoms with E-state index in [4.69, 9.17) is 10.9 Å². The number of hydrazine groups is 1. The molecule has 112 valence electrons. The molecule has 1 aromatic rings. The van der Waals surface area contributed by atoms with Crippen molar-refractivity contribution in [2.24, 2.45) is 5.84 Å². The van der Waals surface area contributed by atoms with Crippen LogP contribution in [0.1, 0.15) is 25.7 Å². The minimum absolute atomic E-state index is 0.0296. The molecule has 1 aromatic carbocycles. The molecule has 0 aliphatic carbocycles. The molecule has 1 fully saturated rings. The molecule has 6 nitrogen and oxygen atoms in total. The summed E-state index contributed by atoms with van der Waals surface area (Å²) >= 11 is 0. The number of benzene rings is 1. The number of nitrogen functional groups attached to an aromatic ring is 1. The molecule has 4 N–H and O–H groups in total. The van der Waals surface area contributed by atoms with Crippen molar-refractivity contribution in [2.45, 2.75) is 36.6 Å². The fraction of sp³-hybridized carbons (Fsp3) is 0.538. The third-order valence-electron chi connectivity index (χ3n) is 3.65. The van der Waals surface area contributed by atoms with Crippen LogP contribution in [0.25, 0.3) is 0 Å². The van der Waals surface area contributed by atoms with Gasteiger partial charge in [0.1, 0.15) is 4.90 Å². The summed E-state index contributed by atoms with van der Waals surface area (Å²) in [5, 5.41) is 8.92. The van der Waals surface area contributed by atoms with Crippen LogP contribution >= 0.6 is 0 Å². The Morgan fingerprint density at radius 1 is 1.40 bits per heavy atom. The normalized spacial score (nSPS) is 20.2. The number of hydrogen-bond acceptors (Lipinski definition) is 5. The van der Waals surface area contributed by atoms with Crippen molar-refractivity contribution in [1.29, 1.82) is 0 Å². The lowest BCUT2D eigenvalue weighted by Gasteiger charge is -2.25. The minimum atomic E-state index is -3.55. The second kappa shape index (κ2) is 6.53. The smallest absolute Gasteiger partial charge is 0.245 e.